The van der Waals surface area contributed by atoms with Crippen molar-refractivity contribution in [2.75, 3.05) is 19.7 Å². The quantitative estimate of drug-likeness (QED) is 0.598. The van der Waals surface area contributed by atoms with Crippen molar-refractivity contribution in [3.8, 4) is 0 Å². The van der Waals surface area contributed by atoms with Crippen molar-refractivity contribution in [1.29, 1.82) is 0 Å². The van der Waals surface area contributed by atoms with Crippen LogP contribution in [0.4, 0.5) is 0 Å². The topological polar surface area (TPSA) is 30.3 Å². The molecule has 2 aromatic rings. The first-order chi connectivity index (χ1) is 13.7. The first-order valence-corrected chi connectivity index (χ1v) is 12.0. The number of halogens is 1. The van der Waals surface area contributed by atoms with E-state index in [9.17, 15) is 0 Å². The van der Waals surface area contributed by atoms with Gasteiger partial charge in [0.25, 0.3) is 0 Å². The van der Waals surface area contributed by atoms with E-state index in [-0.39, 0.29) is 5.60 Å². The summed E-state index contributed by atoms with van der Waals surface area (Å²) in [6, 6.07) is 2.16. The van der Waals surface area contributed by atoms with Gasteiger partial charge in [0.15, 0.2) is 0 Å². The number of thiophene rings is 1. The molecule has 4 heterocycles. The Bertz CT molecular complexity index is 845. The van der Waals surface area contributed by atoms with E-state index in [0.717, 1.165) is 50.0 Å². The molecule has 2 aromatic heterocycles. The average Bonchev–Trinajstić information content (AvgIpc) is 3.26. The van der Waals surface area contributed by atoms with Gasteiger partial charge in [0.05, 0.1) is 17.1 Å². The largest absolute Gasteiger partial charge is 0.369 e. The van der Waals surface area contributed by atoms with E-state index in [0.29, 0.717) is 17.3 Å². The molecule has 0 radical (unpaired) electrons. The number of aromatic nitrogens is 2. The molecule has 2 aliphatic heterocycles. The molecule has 2 aliphatic rings. The lowest BCUT2D eigenvalue weighted by molar-refractivity contribution is -0.102. The van der Waals surface area contributed by atoms with Crippen LogP contribution >= 0.6 is 22.9 Å². The van der Waals surface area contributed by atoms with Crippen LogP contribution in [0.2, 0.25) is 4.34 Å². The highest BCUT2D eigenvalue weighted by atomic mass is 35.5. The number of hydrogen-bond acceptors (Lipinski definition) is 4. The van der Waals surface area contributed by atoms with Gasteiger partial charge in [-0.2, -0.15) is 5.10 Å². The summed E-state index contributed by atoms with van der Waals surface area (Å²) in [4.78, 5) is 3.92. The second kappa shape index (κ2) is 7.99. The summed E-state index contributed by atoms with van der Waals surface area (Å²) in [5.74, 6) is 1.03. The van der Waals surface area contributed by atoms with Crippen molar-refractivity contribution in [3.05, 3.63) is 38.8 Å². The molecule has 2 unspecified atom stereocenters. The van der Waals surface area contributed by atoms with E-state index < -0.39 is 0 Å². The fourth-order valence-corrected chi connectivity index (χ4v) is 5.94. The lowest BCUT2D eigenvalue weighted by Gasteiger charge is -2.45. The van der Waals surface area contributed by atoms with Gasteiger partial charge < -0.3 is 4.74 Å². The minimum Gasteiger partial charge on any atom is -0.369 e. The summed E-state index contributed by atoms with van der Waals surface area (Å²) in [6.07, 6.45) is 6.34. The Labute approximate surface area is 184 Å². The summed E-state index contributed by atoms with van der Waals surface area (Å²) < 4.78 is 9.45. The van der Waals surface area contributed by atoms with Gasteiger partial charge in [0.2, 0.25) is 0 Å². The van der Waals surface area contributed by atoms with E-state index in [2.05, 4.69) is 61.6 Å². The van der Waals surface area contributed by atoms with Crippen molar-refractivity contribution in [1.82, 2.24) is 14.7 Å². The van der Waals surface area contributed by atoms with Crippen molar-refractivity contribution in [2.24, 2.45) is 11.3 Å². The molecule has 1 spiro atoms. The maximum absolute atomic E-state index is 6.45. The third kappa shape index (κ3) is 4.43. The smallest absolute Gasteiger partial charge is 0.105 e. The number of ether oxygens (including phenoxy) is 1. The maximum Gasteiger partial charge on any atom is 0.105 e. The van der Waals surface area contributed by atoms with E-state index in [1.54, 1.807) is 11.3 Å². The van der Waals surface area contributed by atoms with Gasteiger partial charge in [-0.15, -0.1) is 11.3 Å². The van der Waals surface area contributed by atoms with Gasteiger partial charge in [0.1, 0.15) is 5.60 Å². The molecule has 0 amide bonds. The normalized spacial score (nSPS) is 23.3. The molecule has 4 nitrogen and oxygen atoms in total. The van der Waals surface area contributed by atoms with Crippen molar-refractivity contribution < 1.29 is 4.74 Å². The predicted molar refractivity (Wildman–Crippen MR) is 121 cm³/mol. The zero-order chi connectivity index (χ0) is 20.8. The Morgan fingerprint density at radius 1 is 1.34 bits per heavy atom. The number of likely N-dealkylation sites (tertiary alicyclic amines) is 1. The molecule has 0 bridgehead atoms. The minimum atomic E-state index is -0.123. The van der Waals surface area contributed by atoms with Crippen molar-refractivity contribution in [2.45, 2.75) is 72.1 Å². The first-order valence-electron chi connectivity index (χ1n) is 10.8. The van der Waals surface area contributed by atoms with Crippen LogP contribution in [0.5, 0.6) is 0 Å². The van der Waals surface area contributed by atoms with E-state index in [4.69, 9.17) is 16.3 Å². The standard InChI is InChI=1S/C23H34ClN3OS/c1-16-15-28-23(21-19(16)10-20(24)29-21)6-8-26(9-7-23)13-18-11-25-27(14-18)12-17(2)22(3,4)5/h10-11,14,16-17H,6-9,12-13,15H2,1-5H3. The molecule has 160 valence electrons. The second-order valence-electron chi connectivity index (χ2n) is 10.2. The molecule has 0 saturated carbocycles. The Balaban J connectivity index is 1.37. The van der Waals surface area contributed by atoms with Crippen LogP contribution in [0.15, 0.2) is 18.5 Å². The van der Waals surface area contributed by atoms with Crippen molar-refractivity contribution in [3.63, 3.8) is 0 Å². The molecule has 0 aromatic carbocycles. The van der Waals surface area contributed by atoms with E-state index in [1.165, 1.54) is 16.0 Å². The zero-order valence-corrected chi connectivity index (χ0v) is 19.9. The molecule has 4 rings (SSSR count). The highest BCUT2D eigenvalue weighted by molar-refractivity contribution is 7.16. The fourth-order valence-electron chi connectivity index (χ4n) is 4.38. The SMILES string of the molecule is CC1COC2(CCN(Cc3cnn(CC(C)C(C)(C)C)c3)CC2)c2sc(Cl)cc21. The number of nitrogens with zero attached hydrogens (tertiary/aromatic N) is 3. The Hall–Kier alpha value is -0.880. The molecular weight excluding hydrogens is 402 g/mol. The van der Waals surface area contributed by atoms with Crippen molar-refractivity contribution >= 4 is 22.9 Å². The Kier molecular flexibility index (Phi) is 5.88. The summed E-state index contributed by atoms with van der Waals surface area (Å²) in [5, 5.41) is 4.61. The van der Waals surface area contributed by atoms with Gasteiger partial charge in [-0.3, -0.25) is 9.58 Å². The van der Waals surface area contributed by atoms with Crippen LogP contribution in [0.25, 0.3) is 0 Å². The Morgan fingerprint density at radius 2 is 2.07 bits per heavy atom. The van der Waals surface area contributed by atoms with Crippen LogP contribution in [-0.2, 0) is 23.4 Å². The monoisotopic (exact) mass is 435 g/mol. The van der Waals surface area contributed by atoms with E-state index >= 15 is 0 Å². The number of rotatable bonds is 4. The van der Waals surface area contributed by atoms with Crippen LogP contribution < -0.4 is 0 Å². The maximum atomic E-state index is 6.45. The predicted octanol–water partition coefficient (Wildman–Crippen LogP) is 5.91. The number of piperidine rings is 1. The lowest BCUT2D eigenvalue weighted by Crippen LogP contribution is -2.46. The van der Waals surface area contributed by atoms with Gasteiger partial charge in [-0.05, 0) is 35.8 Å². The molecule has 1 saturated heterocycles. The molecule has 1 fully saturated rings. The van der Waals surface area contributed by atoms with E-state index in [1.807, 2.05) is 6.20 Å². The number of fused-ring (bicyclic) bond motifs is 2. The molecular formula is C23H34ClN3OS. The van der Waals surface area contributed by atoms with Crippen LogP contribution in [0.3, 0.4) is 0 Å². The number of hydrogen-bond donors (Lipinski definition) is 0. The first kappa shape index (κ1) is 21.4. The fraction of sp³-hybridized carbons (Fsp3) is 0.696. The summed E-state index contributed by atoms with van der Waals surface area (Å²) in [5.41, 5.74) is 2.89. The summed E-state index contributed by atoms with van der Waals surface area (Å²) in [7, 11) is 0. The zero-order valence-electron chi connectivity index (χ0n) is 18.4. The third-order valence-electron chi connectivity index (χ3n) is 6.98. The summed E-state index contributed by atoms with van der Waals surface area (Å²) >= 11 is 8.09. The molecule has 29 heavy (non-hydrogen) atoms. The van der Waals surface area contributed by atoms with Crippen LogP contribution in [0, 0.1) is 11.3 Å². The summed E-state index contributed by atoms with van der Waals surface area (Å²) in [6.45, 7) is 16.3. The van der Waals surface area contributed by atoms with Gasteiger partial charge >= 0.3 is 0 Å². The molecule has 2 atom stereocenters. The van der Waals surface area contributed by atoms with Gasteiger partial charge in [-0.1, -0.05) is 46.2 Å². The average molecular weight is 436 g/mol. The highest BCUT2D eigenvalue weighted by Gasteiger charge is 2.44. The van der Waals surface area contributed by atoms with Crippen LogP contribution in [-0.4, -0.2) is 34.4 Å². The highest BCUT2D eigenvalue weighted by Crippen LogP contribution is 2.49. The third-order valence-corrected chi connectivity index (χ3v) is 8.45. The molecule has 0 aliphatic carbocycles. The van der Waals surface area contributed by atoms with Gasteiger partial charge in [0, 0.05) is 48.7 Å². The lowest BCUT2D eigenvalue weighted by atomic mass is 9.82. The molecule has 0 N–H and O–H groups in total. The molecule has 6 heteroatoms. The Morgan fingerprint density at radius 3 is 2.76 bits per heavy atom. The minimum absolute atomic E-state index is 0.123. The second-order valence-corrected chi connectivity index (χ2v) is 11.8. The van der Waals surface area contributed by atoms with Crippen LogP contribution in [0.1, 0.15) is 69.4 Å². The van der Waals surface area contributed by atoms with Gasteiger partial charge in [-0.25, -0.2) is 0 Å².